The van der Waals surface area contributed by atoms with Gasteiger partial charge in [-0.1, -0.05) is 23.8 Å². The van der Waals surface area contributed by atoms with Gasteiger partial charge in [0.15, 0.2) is 0 Å². The Morgan fingerprint density at radius 1 is 1.15 bits per heavy atom. The molecule has 1 saturated heterocycles. The predicted molar refractivity (Wildman–Crippen MR) is 102 cm³/mol. The zero-order valence-corrected chi connectivity index (χ0v) is 16.2. The second kappa shape index (κ2) is 7.68. The highest BCUT2D eigenvalue weighted by atomic mass is 32.2. The summed E-state index contributed by atoms with van der Waals surface area (Å²) in [5.74, 6) is 0.623. The molecule has 1 N–H and O–H groups in total. The quantitative estimate of drug-likeness (QED) is 0.830. The monoisotopic (exact) mass is 375 g/mol. The molecule has 1 atom stereocenters. The van der Waals surface area contributed by atoms with Crippen molar-refractivity contribution in [1.82, 2.24) is 0 Å². The van der Waals surface area contributed by atoms with Crippen molar-refractivity contribution in [2.75, 3.05) is 17.9 Å². The lowest BCUT2D eigenvalue weighted by molar-refractivity contribution is 0.0680. The van der Waals surface area contributed by atoms with Crippen LogP contribution in [-0.2, 0) is 14.8 Å². The van der Waals surface area contributed by atoms with Crippen molar-refractivity contribution in [2.45, 2.75) is 44.6 Å². The number of benzene rings is 2. The summed E-state index contributed by atoms with van der Waals surface area (Å²) >= 11 is 0. The summed E-state index contributed by atoms with van der Waals surface area (Å²) in [6.07, 6.45) is 2.18. The van der Waals surface area contributed by atoms with E-state index in [-0.39, 0.29) is 6.10 Å². The molecule has 0 saturated carbocycles. The maximum atomic E-state index is 12.9. The van der Waals surface area contributed by atoms with Crippen LogP contribution in [0.5, 0.6) is 5.75 Å². The highest BCUT2D eigenvalue weighted by Gasteiger charge is 2.20. The van der Waals surface area contributed by atoms with E-state index in [0.717, 1.165) is 36.1 Å². The van der Waals surface area contributed by atoms with E-state index in [1.165, 1.54) is 0 Å². The Morgan fingerprint density at radius 2 is 1.88 bits per heavy atom. The van der Waals surface area contributed by atoms with Gasteiger partial charge in [-0.15, -0.1) is 0 Å². The van der Waals surface area contributed by atoms with Crippen LogP contribution in [0, 0.1) is 20.8 Å². The first-order valence-electron chi connectivity index (χ1n) is 8.80. The number of sulfonamides is 1. The maximum Gasteiger partial charge on any atom is 0.262 e. The second-order valence-corrected chi connectivity index (χ2v) is 8.43. The minimum atomic E-state index is -3.67. The molecule has 1 aliphatic rings. The van der Waals surface area contributed by atoms with Crippen LogP contribution in [0.15, 0.2) is 41.3 Å². The molecule has 1 unspecified atom stereocenters. The number of nitrogens with one attached hydrogen (secondary N) is 1. The number of anilines is 1. The lowest BCUT2D eigenvalue weighted by atomic mass is 10.1. The van der Waals surface area contributed by atoms with Gasteiger partial charge >= 0.3 is 0 Å². The predicted octanol–water partition coefficient (Wildman–Crippen LogP) is 3.97. The fourth-order valence-electron chi connectivity index (χ4n) is 3.41. The molecule has 5 nitrogen and oxygen atoms in total. The van der Waals surface area contributed by atoms with E-state index < -0.39 is 10.0 Å². The van der Waals surface area contributed by atoms with Gasteiger partial charge in [-0.3, -0.25) is 4.72 Å². The molecular weight excluding hydrogens is 350 g/mol. The van der Waals surface area contributed by atoms with Gasteiger partial charge in [0.1, 0.15) is 12.4 Å². The molecule has 0 aromatic heterocycles. The van der Waals surface area contributed by atoms with E-state index in [0.29, 0.717) is 22.9 Å². The van der Waals surface area contributed by atoms with Crippen molar-refractivity contribution in [3.05, 3.63) is 53.1 Å². The van der Waals surface area contributed by atoms with E-state index in [4.69, 9.17) is 9.47 Å². The lowest BCUT2D eigenvalue weighted by Crippen LogP contribution is -2.17. The number of aryl methyl sites for hydroxylation is 3. The fourth-order valence-corrected chi connectivity index (χ4v) is 4.92. The van der Waals surface area contributed by atoms with Gasteiger partial charge in [-0.25, -0.2) is 8.42 Å². The minimum Gasteiger partial charge on any atom is -0.491 e. The number of ether oxygens (including phenoxy) is 2. The largest absolute Gasteiger partial charge is 0.491 e. The Kier molecular flexibility index (Phi) is 5.53. The molecular formula is C20H25NO4S. The standard InChI is InChI=1S/C20H25NO4S/c1-14-10-15(2)20(16(3)11-14)26(22,23)21-17-6-4-7-18(12-17)25-13-19-8-5-9-24-19/h4,6-7,10-12,19,21H,5,8-9,13H2,1-3H3. The Bertz CT molecular complexity index is 863. The van der Waals surface area contributed by atoms with Crippen LogP contribution in [-0.4, -0.2) is 27.7 Å². The van der Waals surface area contributed by atoms with Gasteiger partial charge < -0.3 is 9.47 Å². The van der Waals surface area contributed by atoms with Crippen LogP contribution in [0.1, 0.15) is 29.5 Å². The molecule has 2 aromatic carbocycles. The van der Waals surface area contributed by atoms with E-state index in [1.54, 1.807) is 18.2 Å². The summed E-state index contributed by atoms with van der Waals surface area (Å²) in [6.45, 7) is 6.85. The van der Waals surface area contributed by atoms with E-state index in [1.807, 2.05) is 39.0 Å². The average Bonchev–Trinajstić information content (AvgIpc) is 3.05. The van der Waals surface area contributed by atoms with Gasteiger partial charge in [0.25, 0.3) is 10.0 Å². The van der Waals surface area contributed by atoms with Crippen molar-refractivity contribution in [3.63, 3.8) is 0 Å². The van der Waals surface area contributed by atoms with Crippen molar-refractivity contribution < 1.29 is 17.9 Å². The van der Waals surface area contributed by atoms with Gasteiger partial charge in [-0.2, -0.15) is 0 Å². The Hall–Kier alpha value is -2.05. The summed E-state index contributed by atoms with van der Waals surface area (Å²) in [5, 5.41) is 0. The third-order valence-corrected chi connectivity index (χ3v) is 6.11. The molecule has 3 rings (SSSR count). The molecule has 0 radical (unpaired) electrons. The smallest absolute Gasteiger partial charge is 0.262 e. The second-order valence-electron chi connectivity index (χ2n) is 6.81. The van der Waals surface area contributed by atoms with Crippen LogP contribution in [0.4, 0.5) is 5.69 Å². The number of rotatable bonds is 6. The molecule has 6 heteroatoms. The highest BCUT2D eigenvalue weighted by Crippen LogP contribution is 2.26. The molecule has 0 bridgehead atoms. The molecule has 1 fully saturated rings. The topological polar surface area (TPSA) is 64.6 Å². The molecule has 140 valence electrons. The van der Waals surface area contributed by atoms with Crippen molar-refractivity contribution in [1.29, 1.82) is 0 Å². The van der Waals surface area contributed by atoms with Crippen molar-refractivity contribution >= 4 is 15.7 Å². The van der Waals surface area contributed by atoms with Crippen LogP contribution in [0.2, 0.25) is 0 Å². The summed E-state index contributed by atoms with van der Waals surface area (Å²) < 4.78 is 39.7. The summed E-state index contributed by atoms with van der Waals surface area (Å²) in [6, 6.07) is 10.8. The SMILES string of the molecule is Cc1cc(C)c(S(=O)(=O)Nc2cccc(OCC3CCCO3)c2)c(C)c1. The third kappa shape index (κ3) is 4.37. The van der Waals surface area contributed by atoms with Crippen LogP contribution in [0.3, 0.4) is 0 Å². The molecule has 26 heavy (non-hydrogen) atoms. The van der Waals surface area contributed by atoms with Crippen molar-refractivity contribution in [2.24, 2.45) is 0 Å². The summed E-state index contributed by atoms with van der Waals surface area (Å²) in [7, 11) is -3.67. The first-order valence-corrected chi connectivity index (χ1v) is 10.3. The zero-order valence-electron chi connectivity index (χ0n) is 15.4. The maximum absolute atomic E-state index is 12.9. The zero-order chi connectivity index (χ0) is 18.7. The molecule has 0 aliphatic carbocycles. The van der Waals surface area contributed by atoms with E-state index in [2.05, 4.69) is 4.72 Å². The Balaban J connectivity index is 1.76. The molecule has 1 heterocycles. The van der Waals surface area contributed by atoms with Crippen LogP contribution in [0.25, 0.3) is 0 Å². The van der Waals surface area contributed by atoms with Crippen LogP contribution < -0.4 is 9.46 Å². The molecule has 0 spiro atoms. The Morgan fingerprint density at radius 3 is 2.54 bits per heavy atom. The van der Waals surface area contributed by atoms with Gasteiger partial charge in [0.05, 0.1) is 16.7 Å². The lowest BCUT2D eigenvalue weighted by Gasteiger charge is -2.15. The van der Waals surface area contributed by atoms with Crippen molar-refractivity contribution in [3.8, 4) is 5.75 Å². The molecule has 1 aliphatic heterocycles. The fraction of sp³-hybridized carbons (Fsp3) is 0.400. The van der Waals surface area contributed by atoms with Gasteiger partial charge in [0.2, 0.25) is 0 Å². The Labute approximate surface area is 155 Å². The van der Waals surface area contributed by atoms with Gasteiger partial charge in [-0.05, 0) is 56.9 Å². The first-order chi connectivity index (χ1) is 12.3. The molecule has 2 aromatic rings. The number of hydrogen-bond donors (Lipinski definition) is 1. The van der Waals surface area contributed by atoms with E-state index >= 15 is 0 Å². The minimum absolute atomic E-state index is 0.119. The average molecular weight is 375 g/mol. The van der Waals surface area contributed by atoms with E-state index in [9.17, 15) is 8.42 Å². The van der Waals surface area contributed by atoms with Crippen LogP contribution >= 0.6 is 0 Å². The summed E-state index contributed by atoms with van der Waals surface area (Å²) in [5.41, 5.74) is 3.00. The summed E-state index contributed by atoms with van der Waals surface area (Å²) in [4.78, 5) is 0.328. The van der Waals surface area contributed by atoms with Gasteiger partial charge in [0, 0.05) is 12.7 Å². The normalized spacial score (nSPS) is 17.3. The molecule has 0 amide bonds. The highest BCUT2D eigenvalue weighted by molar-refractivity contribution is 7.92. The third-order valence-electron chi connectivity index (χ3n) is 4.42. The number of hydrogen-bond acceptors (Lipinski definition) is 4. The first kappa shape index (κ1) is 18.7.